The van der Waals surface area contributed by atoms with Crippen LogP contribution in [0.1, 0.15) is 25.8 Å². The van der Waals surface area contributed by atoms with Crippen molar-refractivity contribution in [2.75, 3.05) is 0 Å². The van der Waals surface area contributed by atoms with Crippen molar-refractivity contribution in [2.24, 2.45) is 11.7 Å². The lowest BCUT2D eigenvalue weighted by molar-refractivity contribution is 0.444. The van der Waals surface area contributed by atoms with Crippen molar-refractivity contribution in [1.29, 1.82) is 0 Å². The Balaban J connectivity index is 2.25. The second kappa shape index (κ2) is 2.85. The van der Waals surface area contributed by atoms with Gasteiger partial charge in [-0.05, 0) is 23.3 Å². The standard InChI is InChI=1S/C12H17N/c1-12(2,10-8-11(10)13)9-6-4-3-5-7-9/h3-7,10-11H,8,13H2,1-2H3/t10-,11-/m1/s1. The van der Waals surface area contributed by atoms with Gasteiger partial charge in [0.1, 0.15) is 0 Å². The molecule has 2 N–H and O–H groups in total. The molecule has 0 heterocycles. The van der Waals surface area contributed by atoms with E-state index in [2.05, 4.69) is 44.2 Å². The van der Waals surface area contributed by atoms with Crippen molar-refractivity contribution < 1.29 is 0 Å². The van der Waals surface area contributed by atoms with E-state index in [4.69, 9.17) is 5.73 Å². The third kappa shape index (κ3) is 1.49. The summed E-state index contributed by atoms with van der Waals surface area (Å²) in [5, 5.41) is 0. The Morgan fingerprint density at radius 3 is 2.23 bits per heavy atom. The predicted octanol–water partition coefficient (Wildman–Crippen LogP) is 2.31. The average molecular weight is 175 g/mol. The lowest BCUT2D eigenvalue weighted by atomic mass is 9.80. The van der Waals surface area contributed by atoms with Crippen LogP contribution in [0.15, 0.2) is 30.3 Å². The molecule has 1 aromatic carbocycles. The van der Waals surface area contributed by atoms with Crippen LogP contribution in [0.5, 0.6) is 0 Å². The second-order valence-electron chi connectivity index (χ2n) is 4.59. The molecule has 13 heavy (non-hydrogen) atoms. The Bertz CT molecular complexity index is 289. The molecule has 1 saturated carbocycles. The molecule has 1 fully saturated rings. The van der Waals surface area contributed by atoms with E-state index in [0.717, 1.165) is 0 Å². The first-order chi connectivity index (χ1) is 6.12. The summed E-state index contributed by atoms with van der Waals surface area (Å²) in [5.74, 6) is 0.676. The maximum absolute atomic E-state index is 5.89. The summed E-state index contributed by atoms with van der Waals surface area (Å²) < 4.78 is 0. The third-order valence-corrected chi connectivity index (χ3v) is 3.28. The molecule has 70 valence electrons. The van der Waals surface area contributed by atoms with Gasteiger partial charge in [0.15, 0.2) is 0 Å². The first kappa shape index (κ1) is 8.76. The van der Waals surface area contributed by atoms with Crippen LogP contribution >= 0.6 is 0 Å². The monoisotopic (exact) mass is 175 g/mol. The predicted molar refractivity (Wildman–Crippen MR) is 55.6 cm³/mol. The highest BCUT2D eigenvalue weighted by molar-refractivity contribution is 5.27. The first-order valence-corrected chi connectivity index (χ1v) is 4.93. The van der Waals surface area contributed by atoms with Gasteiger partial charge in [-0.1, -0.05) is 44.2 Å². The average Bonchev–Trinajstić information content (AvgIpc) is 2.85. The van der Waals surface area contributed by atoms with Crippen molar-refractivity contribution in [3.8, 4) is 0 Å². The summed E-state index contributed by atoms with van der Waals surface area (Å²) in [6, 6.07) is 11.1. The smallest absolute Gasteiger partial charge is 0.00795 e. The molecule has 1 aliphatic rings. The molecule has 2 rings (SSSR count). The Hall–Kier alpha value is -0.820. The van der Waals surface area contributed by atoms with Gasteiger partial charge in [-0.3, -0.25) is 0 Å². The number of benzene rings is 1. The Kier molecular flexibility index (Phi) is 1.92. The van der Waals surface area contributed by atoms with Crippen LogP contribution < -0.4 is 5.73 Å². The summed E-state index contributed by atoms with van der Waals surface area (Å²) in [4.78, 5) is 0. The zero-order chi connectivity index (χ0) is 9.47. The van der Waals surface area contributed by atoms with E-state index in [-0.39, 0.29) is 5.41 Å². The fraction of sp³-hybridized carbons (Fsp3) is 0.500. The Morgan fingerprint density at radius 1 is 1.23 bits per heavy atom. The van der Waals surface area contributed by atoms with E-state index in [1.54, 1.807) is 0 Å². The van der Waals surface area contributed by atoms with Crippen molar-refractivity contribution in [2.45, 2.75) is 31.7 Å². The molecule has 0 bridgehead atoms. The number of hydrogen-bond acceptors (Lipinski definition) is 1. The normalized spacial score (nSPS) is 27.3. The lowest BCUT2D eigenvalue weighted by Gasteiger charge is -2.25. The van der Waals surface area contributed by atoms with E-state index in [1.165, 1.54) is 12.0 Å². The fourth-order valence-electron chi connectivity index (χ4n) is 2.13. The highest BCUT2D eigenvalue weighted by atomic mass is 14.8. The molecule has 0 aliphatic heterocycles. The van der Waals surface area contributed by atoms with Gasteiger partial charge in [0, 0.05) is 6.04 Å². The quantitative estimate of drug-likeness (QED) is 0.733. The Morgan fingerprint density at radius 2 is 1.77 bits per heavy atom. The van der Waals surface area contributed by atoms with Gasteiger partial charge in [0.25, 0.3) is 0 Å². The van der Waals surface area contributed by atoms with Gasteiger partial charge < -0.3 is 5.73 Å². The molecule has 0 spiro atoms. The van der Waals surface area contributed by atoms with Crippen molar-refractivity contribution in [1.82, 2.24) is 0 Å². The molecule has 1 aromatic rings. The van der Waals surface area contributed by atoms with E-state index in [1.807, 2.05) is 0 Å². The summed E-state index contributed by atoms with van der Waals surface area (Å²) in [5.41, 5.74) is 7.55. The molecule has 1 nitrogen and oxygen atoms in total. The van der Waals surface area contributed by atoms with E-state index >= 15 is 0 Å². The Labute approximate surface area is 80.0 Å². The SMILES string of the molecule is CC(C)(c1ccccc1)[C@@H]1C[C@H]1N. The van der Waals surface area contributed by atoms with Crippen LogP contribution in [-0.4, -0.2) is 6.04 Å². The highest BCUT2D eigenvalue weighted by Crippen LogP contribution is 2.45. The molecule has 0 radical (unpaired) electrons. The van der Waals surface area contributed by atoms with Crippen LogP contribution in [0.25, 0.3) is 0 Å². The molecule has 0 amide bonds. The minimum absolute atomic E-state index is 0.251. The minimum Gasteiger partial charge on any atom is -0.327 e. The molecule has 1 aliphatic carbocycles. The lowest BCUT2D eigenvalue weighted by Crippen LogP contribution is -2.24. The van der Waals surface area contributed by atoms with E-state index in [9.17, 15) is 0 Å². The maximum atomic E-state index is 5.89. The van der Waals surface area contributed by atoms with Crippen LogP contribution in [0, 0.1) is 5.92 Å². The second-order valence-corrected chi connectivity index (χ2v) is 4.59. The largest absolute Gasteiger partial charge is 0.327 e. The number of rotatable bonds is 2. The van der Waals surface area contributed by atoms with Gasteiger partial charge in [-0.15, -0.1) is 0 Å². The molecule has 0 unspecified atom stereocenters. The first-order valence-electron chi connectivity index (χ1n) is 4.93. The van der Waals surface area contributed by atoms with Crippen molar-refractivity contribution >= 4 is 0 Å². The summed E-state index contributed by atoms with van der Waals surface area (Å²) in [6.45, 7) is 4.58. The van der Waals surface area contributed by atoms with Crippen LogP contribution in [0.2, 0.25) is 0 Å². The third-order valence-electron chi connectivity index (χ3n) is 3.28. The molecule has 1 heteroatoms. The maximum Gasteiger partial charge on any atom is 0.00795 e. The topological polar surface area (TPSA) is 26.0 Å². The zero-order valence-corrected chi connectivity index (χ0v) is 8.33. The molecular formula is C12H17N. The van der Waals surface area contributed by atoms with Gasteiger partial charge in [0.2, 0.25) is 0 Å². The summed E-state index contributed by atoms with van der Waals surface area (Å²) in [7, 11) is 0. The highest BCUT2D eigenvalue weighted by Gasteiger charge is 2.45. The summed E-state index contributed by atoms with van der Waals surface area (Å²) >= 11 is 0. The van der Waals surface area contributed by atoms with Gasteiger partial charge >= 0.3 is 0 Å². The van der Waals surface area contributed by atoms with E-state index in [0.29, 0.717) is 12.0 Å². The van der Waals surface area contributed by atoms with Crippen LogP contribution in [0.3, 0.4) is 0 Å². The van der Waals surface area contributed by atoms with Gasteiger partial charge in [-0.2, -0.15) is 0 Å². The molecular weight excluding hydrogens is 158 g/mol. The summed E-state index contributed by atoms with van der Waals surface area (Å²) in [6.07, 6.45) is 1.18. The molecule has 2 atom stereocenters. The van der Waals surface area contributed by atoms with Gasteiger partial charge in [0.05, 0.1) is 0 Å². The fourth-order valence-corrected chi connectivity index (χ4v) is 2.13. The van der Waals surface area contributed by atoms with Crippen molar-refractivity contribution in [3.63, 3.8) is 0 Å². The van der Waals surface area contributed by atoms with Crippen molar-refractivity contribution in [3.05, 3.63) is 35.9 Å². The van der Waals surface area contributed by atoms with E-state index < -0.39 is 0 Å². The van der Waals surface area contributed by atoms with Crippen LogP contribution in [-0.2, 0) is 5.41 Å². The molecule has 0 aromatic heterocycles. The number of hydrogen-bond donors (Lipinski definition) is 1. The van der Waals surface area contributed by atoms with Gasteiger partial charge in [-0.25, -0.2) is 0 Å². The minimum atomic E-state index is 0.251. The number of nitrogens with two attached hydrogens (primary N) is 1. The van der Waals surface area contributed by atoms with Crippen LogP contribution in [0.4, 0.5) is 0 Å². The molecule has 0 saturated heterocycles. The zero-order valence-electron chi connectivity index (χ0n) is 8.33.